The van der Waals surface area contributed by atoms with Crippen LogP contribution in [0.2, 0.25) is 5.02 Å². The van der Waals surface area contributed by atoms with E-state index in [-0.39, 0.29) is 6.03 Å². The number of urea groups is 1. The molecule has 0 spiro atoms. The molecule has 6 nitrogen and oxygen atoms in total. The van der Waals surface area contributed by atoms with Gasteiger partial charge < -0.3 is 20.1 Å². The SMILES string of the molecule is Cc1noc(C)c1CNC(=O)Nc1cccc(Cl)c1N(C)C. The first-order valence-corrected chi connectivity index (χ1v) is 7.20. The monoisotopic (exact) mass is 322 g/mol. The molecular formula is C15H19ClN4O2. The van der Waals surface area contributed by atoms with Gasteiger partial charge in [-0.2, -0.15) is 0 Å². The lowest BCUT2D eigenvalue weighted by Crippen LogP contribution is -2.29. The fourth-order valence-electron chi connectivity index (χ4n) is 2.16. The fourth-order valence-corrected chi connectivity index (χ4v) is 2.50. The third-order valence-corrected chi connectivity index (χ3v) is 3.59. The summed E-state index contributed by atoms with van der Waals surface area (Å²) in [4.78, 5) is 13.9. The fraction of sp³-hybridized carbons (Fsp3) is 0.333. The first-order chi connectivity index (χ1) is 10.4. The zero-order valence-corrected chi connectivity index (χ0v) is 13.8. The Kier molecular flexibility index (Phi) is 4.92. The van der Waals surface area contributed by atoms with Gasteiger partial charge in [0, 0.05) is 26.2 Å². The van der Waals surface area contributed by atoms with E-state index < -0.39 is 0 Å². The van der Waals surface area contributed by atoms with E-state index in [1.54, 1.807) is 18.2 Å². The summed E-state index contributed by atoms with van der Waals surface area (Å²) in [7, 11) is 3.74. The van der Waals surface area contributed by atoms with Crippen molar-refractivity contribution >= 4 is 29.0 Å². The van der Waals surface area contributed by atoms with E-state index in [1.807, 2.05) is 32.8 Å². The van der Waals surface area contributed by atoms with Gasteiger partial charge in [0.25, 0.3) is 0 Å². The topological polar surface area (TPSA) is 70.4 Å². The third-order valence-electron chi connectivity index (χ3n) is 3.29. The second-order valence-corrected chi connectivity index (χ2v) is 5.55. The number of para-hydroxylation sites is 1. The molecule has 0 fully saturated rings. The Balaban J connectivity index is 2.06. The molecule has 2 rings (SSSR count). The molecule has 0 aliphatic carbocycles. The van der Waals surface area contributed by atoms with Crippen molar-refractivity contribution in [3.05, 3.63) is 40.2 Å². The highest BCUT2D eigenvalue weighted by atomic mass is 35.5. The number of amides is 2. The third kappa shape index (κ3) is 3.51. The van der Waals surface area contributed by atoms with Crippen molar-refractivity contribution in [2.75, 3.05) is 24.3 Å². The van der Waals surface area contributed by atoms with Crippen LogP contribution in [-0.4, -0.2) is 25.3 Å². The number of hydrogen-bond donors (Lipinski definition) is 2. The number of nitrogens with zero attached hydrogens (tertiary/aromatic N) is 2. The zero-order valence-electron chi connectivity index (χ0n) is 13.0. The molecule has 7 heteroatoms. The normalized spacial score (nSPS) is 10.4. The van der Waals surface area contributed by atoms with E-state index in [2.05, 4.69) is 15.8 Å². The molecule has 0 saturated heterocycles. The maximum atomic E-state index is 12.1. The van der Waals surface area contributed by atoms with Gasteiger partial charge in [0.1, 0.15) is 5.76 Å². The molecule has 2 amide bonds. The van der Waals surface area contributed by atoms with Gasteiger partial charge in [-0.15, -0.1) is 0 Å². The minimum absolute atomic E-state index is 0.314. The number of carbonyl (C=O) groups is 1. The molecule has 2 N–H and O–H groups in total. The highest BCUT2D eigenvalue weighted by Crippen LogP contribution is 2.32. The van der Waals surface area contributed by atoms with Crippen LogP contribution in [0.1, 0.15) is 17.0 Å². The largest absolute Gasteiger partial charge is 0.375 e. The van der Waals surface area contributed by atoms with Gasteiger partial charge in [-0.1, -0.05) is 22.8 Å². The second-order valence-electron chi connectivity index (χ2n) is 5.14. The molecule has 0 aliphatic heterocycles. The van der Waals surface area contributed by atoms with Crippen molar-refractivity contribution in [3.8, 4) is 0 Å². The Morgan fingerprint density at radius 3 is 2.68 bits per heavy atom. The summed E-state index contributed by atoms with van der Waals surface area (Å²) in [5.41, 5.74) is 3.06. The van der Waals surface area contributed by atoms with Crippen LogP contribution in [0.5, 0.6) is 0 Å². The Morgan fingerprint density at radius 2 is 2.09 bits per heavy atom. The van der Waals surface area contributed by atoms with Crippen LogP contribution in [0.4, 0.5) is 16.2 Å². The zero-order chi connectivity index (χ0) is 16.3. The Morgan fingerprint density at radius 1 is 1.36 bits per heavy atom. The van der Waals surface area contributed by atoms with Crippen molar-refractivity contribution in [3.63, 3.8) is 0 Å². The highest BCUT2D eigenvalue weighted by molar-refractivity contribution is 6.34. The van der Waals surface area contributed by atoms with E-state index in [1.165, 1.54) is 0 Å². The van der Waals surface area contributed by atoms with Crippen molar-refractivity contribution in [1.29, 1.82) is 0 Å². The lowest BCUT2D eigenvalue weighted by atomic mass is 10.2. The second kappa shape index (κ2) is 6.70. The minimum Gasteiger partial charge on any atom is -0.375 e. The molecule has 0 atom stereocenters. The predicted molar refractivity (Wildman–Crippen MR) is 87.6 cm³/mol. The predicted octanol–water partition coefficient (Wildman–Crippen LogP) is 3.33. The van der Waals surface area contributed by atoms with Crippen LogP contribution >= 0.6 is 11.6 Å². The van der Waals surface area contributed by atoms with Crippen molar-refractivity contribution < 1.29 is 9.32 Å². The number of anilines is 2. The molecule has 0 radical (unpaired) electrons. The van der Waals surface area contributed by atoms with Crippen molar-refractivity contribution in [1.82, 2.24) is 10.5 Å². The quantitative estimate of drug-likeness (QED) is 0.905. The lowest BCUT2D eigenvalue weighted by Gasteiger charge is -2.19. The smallest absolute Gasteiger partial charge is 0.319 e. The van der Waals surface area contributed by atoms with Crippen LogP contribution in [0.15, 0.2) is 22.7 Å². The summed E-state index contributed by atoms with van der Waals surface area (Å²) in [6.07, 6.45) is 0. The summed E-state index contributed by atoms with van der Waals surface area (Å²) < 4.78 is 5.07. The lowest BCUT2D eigenvalue weighted by molar-refractivity contribution is 0.251. The van der Waals surface area contributed by atoms with Crippen molar-refractivity contribution in [2.45, 2.75) is 20.4 Å². The molecule has 0 aliphatic rings. The van der Waals surface area contributed by atoms with Crippen LogP contribution in [-0.2, 0) is 6.54 Å². The Bertz CT molecular complexity index is 663. The van der Waals surface area contributed by atoms with Gasteiger partial charge in [0.05, 0.1) is 22.1 Å². The van der Waals surface area contributed by atoms with Gasteiger partial charge in [-0.3, -0.25) is 0 Å². The first-order valence-electron chi connectivity index (χ1n) is 6.82. The van der Waals surface area contributed by atoms with Gasteiger partial charge in [0.15, 0.2) is 0 Å². The van der Waals surface area contributed by atoms with Crippen LogP contribution in [0, 0.1) is 13.8 Å². The van der Waals surface area contributed by atoms with E-state index >= 15 is 0 Å². The maximum Gasteiger partial charge on any atom is 0.319 e. The first kappa shape index (κ1) is 16.2. The summed E-state index contributed by atoms with van der Waals surface area (Å²) >= 11 is 6.17. The summed E-state index contributed by atoms with van der Waals surface area (Å²) in [6, 6.07) is 5.06. The molecule has 0 bridgehead atoms. The van der Waals surface area contributed by atoms with Crippen LogP contribution in [0.25, 0.3) is 0 Å². The molecule has 2 aromatic rings. The Labute approximate surface area is 134 Å². The summed E-state index contributed by atoms with van der Waals surface area (Å²) in [5.74, 6) is 0.703. The molecule has 0 unspecified atom stereocenters. The number of benzene rings is 1. The number of aromatic nitrogens is 1. The highest BCUT2D eigenvalue weighted by Gasteiger charge is 2.13. The van der Waals surface area contributed by atoms with E-state index in [9.17, 15) is 4.79 Å². The Hall–Kier alpha value is -2.21. The number of aryl methyl sites for hydroxylation is 2. The number of halogens is 1. The number of hydrogen-bond acceptors (Lipinski definition) is 4. The van der Waals surface area contributed by atoms with Gasteiger partial charge in [-0.05, 0) is 26.0 Å². The minimum atomic E-state index is -0.314. The van der Waals surface area contributed by atoms with Gasteiger partial charge in [-0.25, -0.2) is 4.79 Å². The average Bonchev–Trinajstić information content (AvgIpc) is 2.75. The molecule has 1 aromatic carbocycles. The van der Waals surface area contributed by atoms with Crippen molar-refractivity contribution in [2.24, 2.45) is 0 Å². The standard InChI is InChI=1S/C15H19ClN4O2/c1-9-11(10(2)22-19-9)8-17-15(21)18-13-7-5-6-12(16)14(13)20(3)4/h5-7H,8H2,1-4H3,(H2,17,18,21). The molecular weight excluding hydrogens is 304 g/mol. The number of carbonyl (C=O) groups excluding carboxylic acids is 1. The van der Waals surface area contributed by atoms with Gasteiger partial charge in [0.2, 0.25) is 0 Å². The number of rotatable bonds is 4. The summed E-state index contributed by atoms with van der Waals surface area (Å²) in [5, 5.41) is 10.0. The summed E-state index contributed by atoms with van der Waals surface area (Å²) in [6.45, 7) is 4.01. The van der Waals surface area contributed by atoms with E-state index in [0.717, 1.165) is 16.9 Å². The molecule has 118 valence electrons. The molecule has 1 heterocycles. The molecule has 1 aromatic heterocycles. The maximum absolute atomic E-state index is 12.1. The van der Waals surface area contributed by atoms with Crippen LogP contribution < -0.4 is 15.5 Å². The van der Waals surface area contributed by atoms with E-state index in [4.69, 9.17) is 16.1 Å². The van der Waals surface area contributed by atoms with E-state index in [0.29, 0.717) is 23.0 Å². The van der Waals surface area contributed by atoms with Crippen LogP contribution in [0.3, 0.4) is 0 Å². The average molecular weight is 323 g/mol. The van der Waals surface area contributed by atoms with Gasteiger partial charge >= 0.3 is 6.03 Å². The molecule has 0 saturated carbocycles. The molecule has 22 heavy (non-hydrogen) atoms. The number of nitrogens with one attached hydrogen (secondary N) is 2.